The third kappa shape index (κ3) is 3.07. The summed E-state index contributed by atoms with van der Waals surface area (Å²) in [5.74, 6) is 0.587. The summed E-state index contributed by atoms with van der Waals surface area (Å²) in [5, 5.41) is 14.0. The van der Waals surface area contributed by atoms with E-state index in [0.29, 0.717) is 25.0 Å². The molecule has 0 aliphatic heterocycles. The van der Waals surface area contributed by atoms with Crippen LogP contribution in [0.25, 0.3) is 0 Å². The van der Waals surface area contributed by atoms with Gasteiger partial charge in [-0.15, -0.1) is 5.10 Å². The predicted octanol–water partition coefficient (Wildman–Crippen LogP) is 1.96. The van der Waals surface area contributed by atoms with Crippen LogP contribution in [-0.2, 0) is 19.5 Å². The minimum absolute atomic E-state index is 0.464. The molecule has 0 spiro atoms. The topological polar surface area (TPSA) is 63.0 Å². The Morgan fingerprint density at radius 1 is 1.11 bits per heavy atom. The van der Waals surface area contributed by atoms with Gasteiger partial charge in [-0.3, -0.25) is 0 Å². The lowest BCUT2D eigenvalue weighted by Crippen LogP contribution is -2.05. The van der Waals surface area contributed by atoms with E-state index in [1.165, 1.54) is 11.1 Å². The molecule has 0 unspecified atom stereocenters. The number of nitrogens with zero attached hydrogens (tertiary/aromatic N) is 2. The number of aryl methyl sites for hydroxylation is 1. The minimum atomic E-state index is 0.464. The number of benzene rings is 1. The zero-order chi connectivity index (χ0) is 12.8. The van der Waals surface area contributed by atoms with Crippen molar-refractivity contribution in [2.24, 2.45) is 0 Å². The van der Waals surface area contributed by atoms with Crippen LogP contribution in [0.3, 0.4) is 0 Å². The lowest BCUT2D eigenvalue weighted by atomic mass is 10.1. The highest BCUT2D eigenvalue weighted by Gasteiger charge is 2.05. The highest BCUT2D eigenvalue weighted by Crippen LogP contribution is 2.12. The molecule has 0 amide bonds. The zero-order valence-corrected chi connectivity index (χ0v) is 10.7. The Morgan fingerprint density at radius 2 is 1.89 bits per heavy atom. The van der Waals surface area contributed by atoms with Crippen LogP contribution in [0.15, 0.2) is 28.7 Å². The van der Waals surface area contributed by atoms with Crippen LogP contribution in [0, 0.1) is 0 Å². The SMILES string of the molecule is CCc1ccccc1CNc1nnc(CNC)o1. The number of anilines is 1. The second-order valence-corrected chi connectivity index (χ2v) is 4.01. The van der Waals surface area contributed by atoms with Crippen LogP contribution in [0.4, 0.5) is 6.01 Å². The van der Waals surface area contributed by atoms with E-state index in [9.17, 15) is 0 Å². The molecule has 2 rings (SSSR count). The first-order valence-corrected chi connectivity index (χ1v) is 6.11. The van der Waals surface area contributed by atoms with Gasteiger partial charge >= 0.3 is 6.01 Å². The smallest absolute Gasteiger partial charge is 0.315 e. The first-order valence-electron chi connectivity index (χ1n) is 6.11. The van der Waals surface area contributed by atoms with Gasteiger partial charge < -0.3 is 15.1 Å². The molecule has 2 N–H and O–H groups in total. The number of hydrogen-bond acceptors (Lipinski definition) is 5. The standard InChI is InChI=1S/C13H18N4O/c1-3-10-6-4-5-7-11(10)8-15-13-17-16-12(18-13)9-14-2/h4-7,14H,3,8-9H2,1-2H3,(H,15,17). The first-order chi connectivity index (χ1) is 8.83. The van der Waals surface area contributed by atoms with Crippen molar-refractivity contribution in [1.29, 1.82) is 0 Å². The molecule has 0 saturated carbocycles. The summed E-state index contributed by atoms with van der Waals surface area (Å²) < 4.78 is 5.42. The van der Waals surface area contributed by atoms with Crippen molar-refractivity contribution in [2.75, 3.05) is 12.4 Å². The quantitative estimate of drug-likeness (QED) is 0.815. The summed E-state index contributed by atoms with van der Waals surface area (Å²) in [6.45, 7) is 3.43. The largest absolute Gasteiger partial charge is 0.407 e. The fourth-order valence-electron chi connectivity index (χ4n) is 1.79. The van der Waals surface area contributed by atoms with Crippen LogP contribution >= 0.6 is 0 Å². The minimum Gasteiger partial charge on any atom is -0.407 e. The van der Waals surface area contributed by atoms with E-state index in [2.05, 4.69) is 46.0 Å². The summed E-state index contributed by atoms with van der Waals surface area (Å²) in [6.07, 6.45) is 1.02. The molecular weight excluding hydrogens is 228 g/mol. The van der Waals surface area contributed by atoms with Crippen molar-refractivity contribution in [3.05, 3.63) is 41.3 Å². The molecule has 0 bridgehead atoms. The fraction of sp³-hybridized carbons (Fsp3) is 0.385. The average molecular weight is 246 g/mol. The molecule has 1 aromatic heterocycles. The van der Waals surface area contributed by atoms with Gasteiger partial charge in [-0.1, -0.05) is 36.3 Å². The van der Waals surface area contributed by atoms with Gasteiger partial charge in [-0.05, 0) is 24.6 Å². The van der Waals surface area contributed by atoms with Gasteiger partial charge in [0.1, 0.15) is 0 Å². The molecule has 0 fully saturated rings. The Kier molecular flexibility index (Phi) is 4.30. The molecule has 0 aliphatic carbocycles. The van der Waals surface area contributed by atoms with Gasteiger partial charge in [-0.2, -0.15) is 0 Å². The summed E-state index contributed by atoms with van der Waals surface area (Å²) in [7, 11) is 1.84. The Morgan fingerprint density at radius 3 is 2.61 bits per heavy atom. The zero-order valence-electron chi connectivity index (χ0n) is 10.7. The molecule has 5 heteroatoms. The van der Waals surface area contributed by atoms with E-state index in [0.717, 1.165) is 6.42 Å². The van der Waals surface area contributed by atoms with Crippen molar-refractivity contribution < 1.29 is 4.42 Å². The van der Waals surface area contributed by atoms with Gasteiger partial charge in [0.25, 0.3) is 0 Å². The Labute approximate surface area is 107 Å². The Balaban J connectivity index is 1.97. The fourth-order valence-corrected chi connectivity index (χ4v) is 1.79. The van der Waals surface area contributed by atoms with Crippen molar-refractivity contribution in [2.45, 2.75) is 26.4 Å². The summed E-state index contributed by atoms with van der Waals surface area (Å²) in [5.41, 5.74) is 2.59. The van der Waals surface area contributed by atoms with E-state index < -0.39 is 0 Å². The highest BCUT2D eigenvalue weighted by atomic mass is 16.4. The predicted molar refractivity (Wildman–Crippen MR) is 70.2 cm³/mol. The molecule has 1 heterocycles. The van der Waals surface area contributed by atoms with Gasteiger partial charge in [0.05, 0.1) is 6.54 Å². The molecular formula is C13H18N4O. The Bertz CT molecular complexity index is 495. The van der Waals surface area contributed by atoms with E-state index in [-0.39, 0.29) is 0 Å². The molecule has 1 aromatic carbocycles. The maximum absolute atomic E-state index is 5.42. The van der Waals surface area contributed by atoms with Crippen molar-refractivity contribution in [1.82, 2.24) is 15.5 Å². The molecule has 0 atom stereocenters. The normalized spacial score (nSPS) is 10.6. The van der Waals surface area contributed by atoms with E-state index in [4.69, 9.17) is 4.42 Å². The number of hydrogen-bond donors (Lipinski definition) is 2. The molecule has 96 valence electrons. The van der Waals surface area contributed by atoms with Crippen molar-refractivity contribution in [3.8, 4) is 0 Å². The molecule has 0 aliphatic rings. The lowest BCUT2D eigenvalue weighted by molar-refractivity contribution is 0.489. The maximum atomic E-state index is 5.42. The average Bonchev–Trinajstić information content (AvgIpc) is 2.85. The maximum Gasteiger partial charge on any atom is 0.315 e. The molecule has 2 aromatic rings. The summed E-state index contributed by atoms with van der Waals surface area (Å²) >= 11 is 0. The second-order valence-electron chi connectivity index (χ2n) is 4.01. The Hall–Kier alpha value is -1.88. The monoisotopic (exact) mass is 246 g/mol. The summed E-state index contributed by atoms with van der Waals surface area (Å²) in [6, 6.07) is 8.80. The highest BCUT2D eigenvalue weighted by molar-refractivity contribution is 5.30. The third-order valence-electron chi connectivity index (χ3n) is 2.72. The van der Waals surface area contributed by atoms with Gasteiger partial charge in [0.2, 0.25) is 5.89 Å². The van der Waals surface area contributed by atoms with Gasteiger partial charge in [-0.25, -0.2) is 0 Å². The van der Waals surface area contributed by atoms with Crippen LogP contribution in [0.1, 0.15) is 23.9 Å². The van der Waals surface area contributed by atoms with E-state index in [1.807, 2.05) is 13.1 Å². The third-order valence-corrected chi connectivity index (χ3v) is 2.72. The molecule has 0 radical (unpaired) electrons. The molecule has 0 saturated heterocycles. The van der Waals surface area contributed by atoms with Crippen molar-refractivity contribution >= 4 is 6.01 Å². The van der Waals surface area contributed by atoms with Crippen LogP contribution in [-0.4, -0.2) is 17.2 Å². The van der Waals surface area contributed by atoms with Gasteiger partial charge in [0, 0.05) is 6.54 Å². The van der Waals surface area contributed by atoms with Crippen molar-refractivity contribution in [3.63, 3.8) is 0 Å². The first kappa shape index (κ1) is 12.6. The number of nitrogens with one attached hydrogen (secondary N) is 2. The molecule has 18 heavy (non-hydrogen) atoms. The lowest BCUT2D eigenvalue weighted by Gasteiger charge is -2.07. The second kappa shape index (κ2) is 6.16. The van der Waals surface area contributed by atoms with Crippen LogP contribution < -0.4 is 10.6 Å². The van der Waals surface area contributed by atoms with E-state index >= 15 is 0 Å². The number of aromatic nitrogens is 2. The van der Waals surface area contributed by atoms with E-state index in [1.54, 1.807) is 0 Å². The van der Waals surface area contributed by atoms with Crippen LogP contribution in [0.2, 0.25) is 0 Å². The van der Waals surface area contributed by atoms with Gasteiger partial charge in [0.15, 0.2) is 0 Å². The number of rotatable bonds is 6. The summed E-state index contributed by atoms with van der Waals surface area (Å²) in [4.78, 5) is 0. The molecule has 5 nitrogen and oxygen atoms in total. The van der Waals surface area contributed by atoms with Crippen LogP contribution in [0.5, 0.6) is 0 Å².